The Bertz CT molecular complexity index is 951. The summed E-state index contributed by atoms with van der Waals surface area (Å²) in [6.45, 7) is 3.20. The second-order valence-corrected chi connectivity index (χ2v) is 9.05. The topological polar surface area (TPSA) is 77.1 Å². The summed E-state index contributed by atoms with van der Waals surface area (Å²) in [6.07, 6.45) is 2.68. The number of hydrogen-bond acceptors (Lipinski definition) is 6. The van der Waals surface area contributed by atoms with Gasteiger partial charge >= 0.3 is 0 Å². The number of nitrogens with one attached hydrogen (secondary N) is 1. The zero-order valence-electron chi connectivity index (χ0n) is 18.2. The minimum Gasteiger partial charge on any atom is -0.497 e. The molecule has 1 aliphatic heterocycles. The Hall–Kier alpha value is -2.00. The molecule has 0 atom stereocenters. The lowest BCUT2D eigenvalue weighted by molar-refractivity contribution is 0.248. The molecule has 1 heterocycles. The standard InChI is InChI=1S/C22H30N2O5S.ClH/c1-27-19-6-8-20(9-7-19)30(25,26)23-11-4-5-12-24-13-10-17-14-21(28-2)22(29-3)15-18(17)16-24;/h6-9,14-15,23H,4-5,10-13,16H2,1-3H3;1H. The molecule has 1 aliphatic rings. The van der Waals surface area contributed by atoms with Crippen LogP contribution in [0.3, 0.4) is 0 Å². The van der Waals surface area contributed by atoms with Gasteiger partial charge in [0.05, 0.1) is 26.2 Å². The second-order valence-electron chi connectivity index (χ2n) is 7.28. The van der Waals surface area contributed by atoms with Gasteiger partial charge in [0, 0.05) is 19.6 Å². The Balaban J connectivity index is 0.00000341. The monoisotopic (exact) mass is 470 g/mol. The van der Waals surface area contributed by atoms with Gasteiger partial charge in [-0.1, -0.05) is 0 Å². The van der Waals surface area contributed by atoms with Gasteiger partial charge in [-0.2, -0.15) is 0 Å². The van der Waals surface area contributed by atoms with E-state index in [-0.39, 0.29) is 17.3 Å². The Labute approximate surface area is 191 Å². The highest BCUT2D eigenvalue weighted by atomic mass is 35.5. The number of fused-ring (bicyclic) bond motifs is 1. The number of ether oxygens (including phenoxy) is 3. The number of sulfonamides is 1. The van der Waals surface area contributed by atoms with Crippen LogP contribution in [0.1, 0.15) is 24.0 Å². The Kier molecular flexibility index (Phi) is 9.43. The largest absolute Gasteiger partial charge is 0.497 e. The first kappa shape index (κ1) is 25.3. The normalized spacial score (nSPS) is 13.8. The fourth-order valence-corrected chi connectivity index (χ4v) is 4.71. The SMILES string of the molecule is COc1ccc(S(=O)(=O)NCCCCN2CCc3cc(OC)c(OC)cc3C2)cc1.Cl. The summed E-state index contributed by atoms with van der Waals surface area (Å²) in [5.41, 5.74) is 2.57. The molecule has 0 aliphatic carbocycles. The summed E-state index contributed by atoms with van der Waals surface area (Å²) in [5, 5.41) is 0. The van der Waals surface area contributed by atoms with Gasteiger partial charge in [0.2, 0.25) is 10.0 Å². The van der Waals surface area contributed by atoms with Crippen LogP contribution >= 0.6 is 12.4 Å². The van der Waals surface area contributed by atoms with Gasteiger partial charge in [-0.25, -0.2) is 13.1 Å². The average Bonchev–Trinajstić information content (AvgIpc) is 2.77. The summed E-state index contributed by atoms with van der Waals surface area (Å²) < 4.78 is 43.3. The lowest BCUT2D eigenvalue weighted by Gasteiger charge is -2.29. The lowest BCUT2D eigenvalue weighted by atomic mass is 9.98. The van der Waals surface area contributed by atoms with Crippen LogP contribution in [0.2, 0.25) is 0 Å². The van der Waals surface area contributed by atoms with Crippen molar-refractivity contribution < 1.29 is 22.6 Å². The third-order valence-corrected chi connectivity index (χ3v) is 6.84. The van der Waals surface area contributed by atoms with Crippen molar-refractivity contribution in [1.82, 2.24) is 9.62 Å². The Morgan fingerprint density at radius 1 is 0.935 bits per heavy atom. The van der Waals surface area contributed by atoms with Crippen molar-refractivity contribution in [1.29, 1.82) is 0 Å². The fourth-order valence-electron chi connectivity index (χ4n) is 3.64. The van der Waals surface area contributed by atoms with Crippen LogP contribution in [-0.4, -0.2) is 54.3 Å². The van der Waals surface area contributed by atoms with E-state index in [1.807, 2.05) is 0 Å². The Morgan fingerprint density at radius 3 is 2.19 bits per heavy atom. The van der Waals surface area contributed by atoms with Gasteiger partial charge in [0.15, 0.2) is 11.5 Å². The number of hydrogen-bond donors (Lipinski definition) is 1. The molecule has 31 heavy (non-hydrogen) atoms. The van der Waals surface area contributed by atoms with Crippen molar-refractivity contribution in [3.8, 4) is 17.2 Å². The molecular formula is C22H31ClN2O5S. The van der Waals surface area contributed by atoms with E-state index in [1.165, 1.54) is 11.1 Å². The molecule has 0 aromatic heterocycles. The number of benzene rings is 2. The maximum absolute atomic E-state index is 12.4. The highest BCUT2D eigenvalue weighted by molar-refractivity contribution is 7.89. The number of halogens is 1. The average molecular weight is 471 g/mol. The van der Waals surface area contributed by atoms with Crippen LogP contribution in [0.15, 0.2) is 41.3 Å². The van der Waals surface area contributed by atoms with Gasteiger partial charge in [-0.15, -0.1) is 12.4 Å². The number of rotatable bonds is 10. The third-order valence-electron chi connectivity index (χ3n) is 5.36. The van der Waals surface area contributed by atoms with Crippen LogP contribution < -0.4 is 18.9 Å². The fraction of sp³-hybridized carbons (Fsp3) is 0.455. The lowest BCUT2D eigenvalue weighted by Crippen LogP contribution is -2.32. The second kappa shape index (κ2) is 11.6. The molecule has 2 aromatic rings. The minimum atomic E-state index is -3.49. The van der Waals surface area contributed by atoms with Crippen LogP contribution in [-0.2, 0) is 23.0 Å². The van der Waals surface area contributed by atoms with Crippen molar-refractivity contribution in [2.24, 2.45) is 0 Å². The first-order chi connectivity index (χ1) is 14.5. The summed E-state index contributed by atoms with van der Waals surface area (Å²) >= 11 is 0. The van der Waals surface area contributed by atoms with Crippen LogP contribution in [0, 0.1) is 0 Å². The summed E-state index contributed by atoms with van der Waals surface area (Å²) in [4.78, 5) is 2.65. The van der Waals surface area contributed by atoms with Gasteiger partial charge in [0.25, 0.3) is 0 Å². The van der Waals surface area contributed by atoms with E-state index in [2.05, 4.69) is 21.8 Å². The highest BCUT2D eigenvalue weighted by Gasteiger charge is 2.19. The predicted octanol–water partition coefficient (Wildman–Crippen LogP) is 3.25. The van der Waals surface area contributed by atoms with E-state index in [9.17, 15) is 8.42 Å². The first-order valence-corrected chi connectivity index (χ1v) is 11.5. The molecule has 1 N–H and O–H groups in total. The molecule has 9 heteroatoms. The predicted molar refractivity (Wildman–Crippen MR) is 123 cm³/mol. The molecule has 0 amide bonds. The van der Waals surface area contributed by atoms with E-state index in [4.69, 9.17) is 14.2 Å². The van der Waals surface area contributed by atoms with Gasteiger partial charge < -0.3 is 14.2 Å². The van der Waals surface area contributed by atoms with Gasteiger partial charge in [-0.3, -0.25) is 4.90 Å². The van der Waals surface area contributed by atoms with E-state index in [1.54, 1.807) is 45.6 Å². The van der Waals surface area contributed by atoms with Crippen LogP contribution in [0.4, 0.5) is 0 Å². The Morgan fingerprint density at radius 2 is 1.58 bits per heavy atom. The van der Waals surface area contributed by atoms with Gasteiger partial charge in [-0.05, 0) is 73.3 Å². The zero-order chi connectivity index (χ0) is 21.6. The molecule has 0 spiro atoms. The molecule has 0 radical (unpaired) electrons. The minimum absolute atomic E-state index is 0. The third kappa shape index (κ3) is 6.49. The van der Waals surface area contributed by atoms with Crippen molar-refractivity contribution in [2.75, 3.05) is 41.0 Å². The number of nitrogens with zero attached hydrogens (tertiary/aromatic N) is 1. The molecular weight excluding hydrogens is 440 g/mol. The molecule has 172 valence electrons. The molecule has 0 saturated carbocycles. The molecule has 7 nitrogen and oxygen atoms in total. The summed E-state index contributed by atoms with van der Waals surface area (Å²) in [5.74, 6) is 2.16. The number of unbranched alkanes of at least 4 members (excludes halogenated alkanes) is 1. The molecule has 0 bridgehead atoms. The molecule has 0 saturated heterocycles. The smallest absolute Gasteiger partial charge is 0.240 e. The summed E-state index contributed by atoms with van der Waals surface area (Å²) in [6, 6.07) is 10.5. The van der Waals surface area contributed by atoms with Gasteiger partial charge in [0.1, 0.15) is 5.75 Å². The van der Waals surface area contributed by atoms with E-state index in [0.717, 1.165) is 50.4 Å². The van der Waals surface area contributed by atoms with Crippen LogP contribution in [0.25, 0.3) is 0 Å². The molecule has 0 fully saturated rings. The highest BCUT2D eigenvalue weighted by Crippen LogP contribution is 2.33. The molecule has 0 unspecified atom stereocenters. The molecule has 2 aromatic carbocycles. The van der Waals surface area contributed by atoms with Crippen molar-refractivity contribution in [2.45, 2.75) is 30.7 Å². The van der Waals surface area contributed by atoms with Crippen LogP contribution in [0.5, 0.6) is 17.2 Å². The van der Waals surface area contributed by atoms with E-state index < -0.39 is 10.0 Å². The van der Waals surface area contributed by atoms with Crippen molar-refractivity contribution >= 4 is 22.4 Å². The first-order valence-electron chi connectivity index (χ1n) is 10.1. The maximum atomic E-state index is 12.4. The van der Waals surface area contributed by atoms with Crippen molar-refractivity contribution in [3.05, 3.63) is 47.5 Å². The molecule has 3 rings (SSSR count). The number of methoxy groups -OCH3 is 3. The summed E-state index contributed by atoms with van der Waals surface area (Å²) in [7, 11) is 1.37. The van der Waals surface area contributed by atoms with E-state index >= 15 is 0 Å². The quantitative estimate of drug-likeness (QED) is 0.537. The van der Waals surface area contributed by atoms with E-state index in [0.29, 0.717) is 12.3 Å². The maximum Gasteiger partial charge on any atom is 0.240 e. The van der Waals surface area contributed by atoms with Crippen molar-refractivity contribution in [3.63, 3.8) is 0 Å². The zero-order valence-corrected chi connectivity index (χ0v) is 19.9.